The quantitative estimate of drug-likeness (QED) is 0.649. The fourth-order valence-corrected chi connectivity index (χ4v) is 3.85. The molecule has 4 nitrogen and oxygen atoms in total. The van der Waals surface area contributed by atoms with E-state index in [1.54, 1.807) is 41.3 Å². The fraction of sp³-hybridized carbons (Fsp3) is 0.263. The number of rotatable bonds is 3. The van der Waals surface area contributed by atoms with Gasteiger partial charge in [-0.15, -0.1) is 0 Å². The van der Waals surface area contributed by atoms with Gasteiger partial charge in [-0.2, -0.15) is 0 Å². The predicted octanol–water partition coefficient (Wildman–Crippen LogP) is 5.79. The lowest BCUT2D eigenvalue weighted by Crippen LogP contribution is -2.41. The number of hydrogen-bond donors (Lipinski definition) is 1. The lowest BCUT2D eigenvalue weighted by Gasteiger charge is -2.31. The summed E-state index contributed by atoms with van der Waals surface area (Å²) in [4.78, 5) is 26.9. The van der Waals surface area contributed by atoms with Crippen LogP contribution >= 0.6 is 46.4 Å². The number of nitrogens with one attached hydrogen (secondary N) is 1. The Morgan fingerprint density at radius 1 is 0.963 bits per heavy atom. The predicted molar refractivity (Wildman–Crippen MR) is 110 cm³/mol. The van der Waals surface area contributed by atoms with E-state index in [2.05, 4.69) is 5.32 Å². The molecule has 0 spiro atoms. The highest BCUT2D eigenvalue weighted by atomic mass is 35.5. The molecule has 1 N–H and O–H groups in total. The maximum absolute atomic E-state index is 12.6. The van der Waals surface area contributed by atoms with Crippen molar-refractivity contribution in [2.45, 2.75) is 12.8 Å². The summed E-state index contributed by atoms with van der Waals surface area (Å²) in [5, 5.41) is 4.32. The van der Waals surface area contributed by atoms with Crippen LogP contribution in [0.15, 0.2) is 36.4 Å². The topological polar surface area (TPSA) is 49.4 Å². The number of carbonyl (C=O) groups is 2. The van der Waals surface area contributed by atoms with E-state index in [0.717, 1.165) is 0 Å². The third-order valence-electron chi connectivity index (χ3n) is 4.52. The highest BCUT2D eigenvalue weighted by Gasteiger charge is 2.29. The molecule has 0 atom stereocenters. The molecule has 8 heteroatoms. The standard InChI is InChI=1S/C19H16Cl4N2O2/c20-12-4-5-13(15(22)10-12)19(27)25-8-6-11(7-9-25)18(26)24-16-3-1-2-14(21)17(16)23/h1-5,10-11H,6-9H2,(H,24,26). The molecule has 0 aliphatic carbocycles. The Labute approximate surface area is 177 Å². The Bertz CT molecular complexity index is 880. The Morgan fingerprint density at radius 3 is 2.33 bits per heavy atom. The molecular weight excluding hydrogens is 430 g/mol. The van der Waals surface area contributed by atoms with Crippen molar-refractivity contribution in [3.05, 3.63) is 62.1 Å². The van der Waals surface area contributed by atoms with Crippen molar-refractivity contribution in [2.75, 3.05) is 18.4 Å². The van der Waals surface area contributed by atoms with Crippen molar-refractivity contribution in [2.24, 2.45) is 5.92 Å². The van der Waals surface area contributed by atoms with Crippen LogP contribution in [0.3, 0.4) is 0 Å². The molecule has 0 bridgehead atoms. The maximum Gasteiger partial charge on any atom is 0.255 e. The molecule has 3 rings (SSSR count). The minimum Gasteiger partial charge on any atom is -0.339 e. The summed E-state index contributed by atoms with van der Waals surface area (Å²) in [5.41, 5.74) is 0.898. The molecule has 2 amide bonds. The van der Waals surface area contributed by atoms with Crippen LogP contribution in [0.5, 0.6) is 0 Å². The SMILES string of the molecule is O=C(Nc1cccc(Cl)c1Cl)C1CCN(C(=O)c2ccc(Cl)cc2Cl)CC1. The van der Waals surface area contributed by atoms with Crippen LogP contribution in [0.25, 0.3) is 0 Å². The molecular formula is C19H16Cl4N2O2. The molecule has 1 aliphatic rings. The van der Waals surface area contributed by atoms with Crippen LogP contribution in [-0.2, 0) is 4.79 Å². The second-order valence-electron chi connectivity index (χ2n) is 6.28. The Balaban J connectivity index is 1.60. The highest BCUT2D eigenvalue weighted by molar-refractivity contribution is 6.44. The first-order chi connectivity index (χ1) is 12.9. The summed E-state index contributed by atoms with van der Waals surface area (Å²) in [5.74, 6) is -0.492. The fourth-order valence-electron chi connectivity index (χ4n) is 3.01. The second-order valence-corrected chi connectivity index (χ2v) is 7.91. The number of likely N-dealkylation sites (tertiary alicyclic amines) is 1. The monoisotopic (exact) mass is 444 g/mol. The van der Waals surface area contributed by atoms with Crippen molar-refractivity contribution in [3.63, 3.8) is 0 Å². The van der Waals surface area contributed by atoms with Gasteiger partial charge in [0.2, 0.25) is 5.91 Å². The highest BCUT2D eigenvalue weighted by Crippen LogP contribution is 2.31. The molecule has 1 aliphatic heterocycles. The van der Waals surface area contributed by atoms with Crippen LogP contribution in [0.4, 0.5) is 5.69 Å². The lowest BCUT2D eigenvalue weighted by atomic mass is 9.95. The summed E-state index contributed by atoms with van der Waals surface area (Å²) in [7, 11) is 0. The lowest BCUT2D eigenvalue weighted by molar-refractivity contribution is -0.121. The molecule has 2 aromatic carbocycles. The van der Waals surface area contributed by atoms with Crippen molar-refractivity contribution in [1.82, 2.24) is 4.90 Å². The van der Waals surface area contributed by atoms with Gasteiger partial charge >= 0.3 is 0 Å². The molecule has 0 saturated carbocycles. The molecule has 1 heterocycles. The van der Waals surface area contributed by atoms with Crippen molar-refractivity contribution < 1.29 is 9.59 Å². The first kappa shape index (κ1) is 20.3. The average molecular weight is 446 g/mol. The van der Waals surface area contributed by atoms with E-state index in [1.807, 2.05) is 0 Å². The minimum absolute atomic E-state index is 0.129. The van der Waals surface area contributed by atoms with Crippen LogP contribution < -0.4 is 5.32 Å². The first-order valence-electron chi connectivity index (χ1n) is 8.36. The third-order valence-corrected chi connectivity index (χ3v) is 5.89. The van der Waals surface area contributed by atoms with Crippen LogP contribution in [0, 0.1) is 5.92 Å². The molecule has 1 fully saturated rings. The van der Waals surface area contributed by atoms with Gasteiger partial charge < -0.3 is 10.2 Å². The van der Waals surface area contributed by atoms with Gasteiger partial charge in [0.15, 0.2) is 0 Å². The largest absolute Gasteiger partial charge is 0.339 e. The van der Waals surface area contributed by atoms with Crippen LogP contribution in [0.2, 0.25) is 20.1 Å². The minimum atomic E-state index is -0.204. The summed E-state index contributed by atoms with van der Waals surface area (Å²) < 4.78 is 0. The van der Waals surface area contributed by atoms with Gasteiger partial charge in [-0.05, 0) is 43.2 Å². The van der Waals surface area contributed by atoms with Gasteiger partial charge in [0.1, 0.15) is 0 Å². The number of anilines is 1. The Hall–Kier alpha value is -1.46. The van der Waals surface area contributed by atoms with E-state index in [0.29, 0.717) is 57.3 Å². The maximum atomic E-state index is 12.6. The second kappa shape index (κ2) is 8.70. The first-order valence-corrected chi connectivity index (χ1v) is 9.87. The average Bonchev–Trinajstić information content (AvgIpc) is 2.65. The van der Waals surface area contributed by atoms with E-state index in [9.17, 15) is 9.59 Å². The van der Waals surface area contributed by atoms with Crippen molar-refractivity contribution >= 4 is 63.9 Å². The Kier molecular flexibility index (Phi) is 6.53. The summed E-state index contributed by atoms with van der Waals surface area (Å²) in [6, 6.07) is 9.88. The summed E-state index contributed by atoms with van der Waals surface area (Å²) in [6.07, 6.45) is 1.11. The van der Waals surface area contributed by atoms with E-state index < -0.39 is 0 Å². The van der Waals surface area contributed by atoms with Gasteiger partial charge in [0.05, 0.1) is 26.3 Å². The third kappa shape index (κ3) is 4.69. The Morgan fingerprint density at radius 2 is 1.67 bits per heavy atom. The van der Waals surface area contributed by atoms with Crippen LogP contribution in [-0.4, -0.2) is 29.8 Å². The number of halogens is 4. The van der Waals surface area contributed by atoms with E-state index in [1.165, 1.54) is 0 Å². The van der Waals surface area contributed by atoms with Gasteiger partial charge in [-0.25, -0.2) is 0 Å². The van der Waals surface area contributed by atoms with Gasteiger partial charge in [0, 0.05) is 24.0 Å². The normalized spacial score (nSPS) is 14.9. The van der Waals surface area contributed by atoms with E-state index in [4.69, 9.17) is 46.4 Å². The van der Waals surface area contributed by atoms with E-state index >= 15 is 0 Å². The van der Waals surface area contributed by atoms with Gasteiger partial charge in [0.25, 0.3) is 5.91 Å². The number of amides is 2. The molecule has 0 radical (unpaired) electrons. The number of carbonyl (C=O) groups excluding carboxylic acids is 2. The summed E-state index contributed by atoms with van der Waals surface area (Å²) in [6.45, 7) is 0.943. The number of benzene rings is 2. The molecule has 142 valence electrons. The molecule has 0 aromatic heterocycles. The van der Waals surface area contributed by atoms with E-state index in [-0.39, 0.29) is 17.7 Å². The zero-order chi connectivity index (χ0) is 19.6. The van der Waals surface area contributed by atoms with Crippen molar-refractivity contribution in [1.29, 1.82) is 0 Å². The summed E-state index contributed by atoms with van der Waals surface area (Å²) >= 11 is 24.1. The van der Waals surface area contributed by atoms with Gasteiger partial charge in [-0.3, -0.25) is 9.59 Å². The molecule has 1 saturated heterocycles. The zero-order valence-corrected chi connectivity index (χ0v) is 17.2. The van der Waals surface area contributed by atoms with Crippen LogP contribution in [0.1, 0.15) is 23.2 Å². The number of hydrogen-bond acceptors (Lipinski definition) is 2. The molecule has 27 heavy (non-hydrogen) atoms. The number of nitrogens with zero attached hydrogens (tertiary/aromatic N) is 1. The zero-order valence-electron chi connectivity index (χ0n) is 14.1. The van der Waals surface area contributed by atoms with Gasteiger partial charge in [-0.1, -0.05) is 52.5 Å². The smallest absolute Gasteiger partial charge is 0.255 e. The molecule has 2 aromatic rings. The van der Waals surface area contributed by atoms with Crippen molar-refractivity contribution in [3.8, 4) is 0 Å². The number of piperidine rings is 1. The molecule has 0 unspecified atom stereocenters.